The first kappa shape index (κ1) is 15.2. The molecular weight excluding hydrogens is 284 g/mol. The smallest absolute Gasteiger partial charge is 0.248 e. The first-order valence-corrected chi connectivity index (χ1v) is 7.59. The van der Waals surface area contributed by atoms with Gasteiger partial charge in [0.25, 0.3) is 0 Å². The molecule has 0 saturated carbocycles. The van der Waals surface area contributed by atoms with Crippen LogP contribution in [0.2, 0.25) is 0 Å². The lowest BCUT2D eigenvalue weighted by Crippen LogP contribution is -2.44. The third-order valence-corrected chi connectivity index (χ3v) is 4.33. The van der Waals surface area contributed by atoms with Crippen LogP contribution in [0, 0.1) is 5.41 Å². The number of rotatable bonds is 3. The van der Waals surface area contributed by atoms with E-state index in [0.29, 0.717) is 26.3 Å². The standard InChI is InChI=1S/C15H22N4O3/c1-21-9-13(20)18-7-8-22-12-15(10-18)3-6-19(11-15)14-16-4-2-5-17-14/h2,4-5H,3,6-12H2,1H3. The van der Waals surface area contributed by atoms with Gasteiger partial charge in [0, 0.05) is 51.1 Å². The fraction of sp³-hybridized carbons (Fsp3) is 0.667. The van der Waals surface area contributed by atoms with Gasteiger partial charge in [-0.3, -0.25) is 4.79 Å². The SMILES string of the molecule is COCC(=O)N1CCOCC2(CCN(c3ncccn3)C2)C1. The van der Waals surface area contributed by atoms with E-state index in [0.717, 1.165) is 25.5 Å². The zero-order valence-corrected chi connectivity index (χ0v) is 12.9. The third-order valence-electron chi connectivity index (χ3n) is 4.33. The Morgan fingerprint density at radius 3 is 2.95 bits per heavy atom. The zero-order valence-electron chi connectivity index (χ0n) is 12.9. The predicted molar refractivity (Wildman–Crippen MR) is 80.6 cm³/mol. The summed E-state index contributed by atoms with van der Waals surface area (Å²) in [6.07, 6.45) is 4.48. The van der Waals surface area contributed by atoms with Gasteiger partial charge in [0.05, 0.1) is 13.2 Å². The van der Waals surface area contributed by atoms with E-state index in [9.17, 15) is 4.79 Å². The quantitative estimate of drug-likeness (QED) is 0.793. The monoisotopic (exact) mass is 306 g/mol. The van der Waals surface area contributed by atoms with E-state index in [1.165, 1.54) is 0 Å². The molecule has 3 heterocycles. The lowest BCUT2D eigenvalue weighted by atomic mass is 9.87. The first-order chi connectivity index (χ1) is 10.7. The number of hydrogen-bond donors (Lipinski definition) is 0. The van der Waals surface area contributed by atoms with E-state index in [1.807, 2.05) is 11.0 Å². The minimum absolute atomic E-state index is 0.0294. The Bertz CT molecular complexity index is 513. The van der Waals surface area contributed by atoms with E-state index in [4.69, 9.17) is 9.47 Å². The summed E-state index contributed by atoms with van der Waals surface area (Å²) in [6.45, 7) is 4.42. The van der Waals surface area contributed by atoms with Crippen molar-refractivity contribution in [3.8, 4) is 0 Å². The van der Waals surface area contributed by atoms with Gasteiger partial charge in [-0.2, -0.15) is 0 Å². The molecule has 0 aliphatic carbocycles. The van der Waals surface area contributed by atoms with Crippen LogP contribution >= 0.6 is 0 Å². The molecule has 0 radical (unpaired) electrons. The molecule has 7 nitrogen and oxygen atoms in total. The van der Waals surface area contributed by atoms with Gasteiger partial charge in [0.2, 0.25) is 11.9 Å². The van der Waals surface area contributed by atoms with Gasteiger partial charge in [-0.15, -0.1) is 0 Å². The van der Waals surface area contributed by atoms with Gasteiger partial charge in [0.15, 0.2) is 0 Å². The van der Waals surface area contributed by atoms with Crippen LogP contribution in [0.15, 0.2) is 18.5 Å². The van der Waals surface area contributed by atoms with Gasteiger partial charge < -0.3 is 19.3 Å². The fourth-order valence-corrected chi connectivity index (χ4v) is 3.23. The molecule has 3 rings (SSSR count). The molecule has 1 amide bonds. The molecule has 1 atom stereocenters. The summed E-state index contributed by atoms with van der Waals surface area (Å²) in [7, 11) is 1.55. The summed E-state index contributed by atoms with van der Waals surface area (Å²) >= 11 is 0. The second kappa shape index (κ2) is 6.58. The van der Waals surface area contributed by atoms with Crippen LogP contribution in [0.4, 0.5) is 5.95 Å². The maximum Gasteiger partial charge on any atom is 0.248 e. The minimum atomic E-state index is -0.0426. The number of aromatic nitrogens is 2. The van der Waals surface area contributed by atoms with Crippen molar-refractivity contribution in [3.63, 3.8) is 0 Å². The molecule has 2 aliphatic rings. The van der Waals surface area contributed by atoms with Gasteiger partial charge in [0.1, 0.15) is 6.61 Å². The molecule has 2 saturated heterocycles. The molecular formula is C15H22N4O3. The number of carbonyl (C=O) groups excluding carboxylic acids is 1. The molecule has 2 fully saturated rings. The number of amides is 1. The van der Waals surface area contributed by atoms with Crippen LogP contribution in [0.1, 0.15) is 6.42 Å². The summed E-state index contributed by atoms with van der Waals surface area (Å²) < 4.78 is 10.7. The highest BCUT2D eigenvalue weighted by molar-refractivity contribution is 5.77. The Morgan fingerprint density at radius 2 is 2.18 bits per heavy atom. The summed E-state index contributed by atoms with van der Waals surface area (Å²) in [5, 5.41) is 0. The number of methoxy groups -OCH3 is 1. The molecule has 7 heteroatoms. The van der Waals surface area contributed by atoms with E-state index >= 15 is 0 Å². The van der Waals surface area contributed by atoms with Crippen molar-refractivity contribution in [1.82, 2.24) is 14.9 Å². The molecule has 0 bridgehead atoms. The normalized spacial score (nSPS) is 25.5. The Hall–Kier alpha value is -1.73. The Labute approximate surface area is 130 Å². The topological polar surface area (TPSA) is 67.8 Å². The molecule has 1 aromatic heterocycles. The van der Waals surface area contributed by atoms with Crippen LogP contribution in [-0.4, -0.2) is 73.9 Å². The second-order valence-corrected chi connectivity index (χ2v) is 6.02. The van der Waals surface area contributed by atoms with Crippen molar-refractivity contribution >= 4 is 11.9 Å². The van der Waals surface area contributed by atoms with E-state index in [1.54, 1.807) is 19.5 Å². The number of ether oxygens (including phenoxy) is 2. The van der Waals surface area contributed by atoms with Crippen molar-refractivity contribution in [2.75, 3.05) is 58.0 Å². The van der Waals surface area contributed by atoms with Gasteiger partial charge >= 0.3 is 0 Å². The van der Waals surface area contributed by atoms with Crippen molar-refractivity contribution in [3.05, 3.63) is 18.5 Å². The van der Waals surface area contributed by atoms with Gasteiger partial charge in [-0.05, 0) is 12.5 Å². The second-order valence-electron chi connectivity index (χ2n) is 6.02. The Morgan fingerprint density at radius 1 is 1.36 bits per heavy atom. The maximum absolute atomic E-state index is 12.1. The predicted octanol–water partition coefficient (Wildman–Crippen LogP) is 0.178. The summed E-state index contributed by atoms with van der Waals surface area (Å²) in [5.74, 6) is 0.778. The van der Waals surface area contributed by atoms with E-state index < -0.39 is 0 Å². The summed E-state index contributed by atoms with van der Waals surface area (Å²) in [4.78, 5) is 24.8. The highest BCUT2D eigenvalue weighted by atomic mass is 16.5. The third kappa shape index (κ3) is 3.20. The van der Waals surface area contributed by atoms with Crippen LogP contribution in [-0.2, 0) is 14.3 Å². The average molecular weight is 306 g/mol. The van der Waals surface area contributed by atoms with E-state index in [-0.39, 0.29) is 17.9 Å². The number of carbonyl (C=O) groups is 1. The van der Waals surface area contributed by atoms with Crippen LogP contribution < -0.4 is 4.90 Å². The highest BCUT2D eigenvalue weighted by Crippen LogP contribution is 2.34. The molecule has 1 aromatic rings. The largest absolute Gasteiger partial charge is 0.379 e. The molecule has 0 aromatic carbocycles. The van der Waals surface area contributed by atoms with Crippen molar-refractivity contribution in [1.29, 1.82) is 0 Å². The molecule has 120 valence electrons. The summed E-state index contributed by atoms with van der Waals surface area (Å²) in [6, 6.07) is 1.81. The number of nitrogens with zero attached hydrogens (tertiary/aromatic N) is 4. The zero-order chi connectivity index (χ0) is 15.4. The molecule has 22 heavy (non-hydrogen) atoms. The van der Waals surface area contributed by atoms with Crippen LogP contribution in [0.5, 0.6) is 0 Å². The van der Waals surface area contributed by atoms with Crippen molar-refractivity contribution in [2.24, 2.45) is 5.41 Å². The highest BCUT2D eigenvalue weighted by Gasteiger charge is 2.42. The van der Waals surface area contributed by atoms with E-state index in [2.05, 4.69) is 14.9 Å². The Balaban J connectivity index is 1.71. The summed E-state index contributed by atoms with van der Waals surface area (Å²) in [5.41, 5.74) is -0.0426. The molecule has 1 spiro atoms. The van der Waals surface area contributed by atoms with Crippen LogP contribution in [0.25, 0.3) is 0 Å². The van der Waals surface area contributed by atoms with Crippen molar-refractivity contribution < 1.29 is 14.3 Å². The molecule has 0 N–H and O–H groups in total. The molecule has 2 aliphatic heterocycles. The van der Waals surface area contributed by atoms with Gasteiger partial charge in [-0.1, -0.05) is 0 Å². The Kier molecular flexibility index (Phi) is 4.54. The lowest BCUT2D eigenvalue weighted by molar-refractivity contribution is -0.136. The number of hydrogen-bond acceptors (Lipinski definition) is 6. The average Bonchev–Trinajstić information content (AvgIpc) is 2.83. The van der Waals surface area contributed by atoms with Crippen molar-refractivity contribution in [2.45, 2.75) is 6.42 Å². The van der Waals surface area contributed by atoms with Crippen LogP contribution in [0.3, 0.4) is 0 Å². The first-order valence-electron chi connectivity index (χ1n) is 7.59. The lowest BCUT2D eigenvalue weighted by Gasteiger charge is -2.31. The van der Waals surface area contributed by atoms with Gasteiger partial charge in [-0.25, -0.2) is 9.97 Å². The molecule has 1 unspecified atom stereocenters. The number of anilines is 1. The minimum Gasteiger partial charge on any atom is -0.379 e. The fourth-order valence-electron chi connectivity index (χ4n) is 3.23. The maximum atomic E-state index is 12.1.